The summed E-state index contributed by atoms with van der Waals surface area (Å²) in [4.78, 5) is 2.62. The molecule has 2 aromatic rings. The van der Waals surface area contributed by atoms with E-state index in [0.29, 0.717) is 25.4 Å². The monoisotopic (exact) mass is 339 g/mol. The van der Waals surface area contributed by atoms with Crippen molar-refractivity contribution in [2.75, 3.05) is 20.3 Å². The number of benzene rings is 2. The molecule has 0 aliphatic heterocycles. The molecular formula is C22H29NO2. The predicted molar refractivity (Wildman–Crippen MR) is 101 cm³/mol. The zero-order valence-corrected chi connectivity index (χ0v) is 15.1. The van der Waals surface area contributed by atoms with E-state index in [0.717, 1.165) is 25.9 Å². The molecule has 1 aliphatic carbocycles. The average molecular weight is 339 g/mol. The van der Waals surface area contributed by atoms with Crippen LogP contribution in [0.4, 0.5) is 0 Å². The molecule has 3 heteroatoms. The zero-order chi connectivity index (χ0) is 17.3. The Morgan fingerprint density at radius 2 is 1.44 bits per heavy atom. The SMILES string of the molecule is COCCO[C@@H]1CC[C@@H](N(Cc2ccccc2)Cc2ccccc2)C1. The van der Waals surface area contributed by atoms with Gasteiger partial charge in [0.25, 0.3) is 0 Å². The fraction of sp³-hybridized carbons (Fsp3) is 0.455. The van der Waals surface area contributed by atoms with Crippen molar-refractivity contribution in [1.29, 1.82) is 0 Å². The van der Waals surface area contributed by atoms with Gasteiger partial charge in [0.1, 0.15) is 0 Å². The Kier molecular flexibility index (Phi) is 7.04. The van der Waals surface area contributed by atoms with E-state index in [1.54, 1.807) is 7.11 Å². The van der Waals surface area contributed by atoms with Gasteiger partial charge in [-0.1, -0.05) is 60.7 Å². The van der Waals surface area contributed by atoms with Crippen LogP contribution >= 0.6 is 0 Å². The maximum Gasteiger partial charge on any atom is 0.0704 e. The number of hydrogen-bond donors (Lipinski definition) is 0. The summed E-state index contributed by atoms with van der Waals surface area (Å²) < 4.78 is 11.1. The Hall–Kier alpha value is -1.68. The molecule has 1 aliphatic rings. The highest BCUT2D eigenvalue weighted by Crippen LogP contribution is 2.29. The van der Waals surface area contributed by atoms with Gasteiger partial charge in [-0.25, -0.2) is 0 Å². The lowest BCUT2D eigenvalue weighted by atomic mass is 10.1. The van der Waals surface area contributed by atoms with Crippen molar-refractivity contribution in [3.8, 4) is 0 Å². The van der Waals surface area contributed by atoms with Gasteiger partial charge in [-0.15, -0.1) is 0 Å². The first-order chi connectivity index (χ1) is 12.3. The van der Waals surface area contributed by atoms with Crippen molar-refractivity contribution in [2.24, 2.45) is 0 Å². The van der Waals surface area contributed by atoms with Crippen LogP contribution in [0.5, 0.6) is 0 Å². The summed E-state index contributed by atoms with van der Waals surface area (Å²) in [5, 5.41) is 0. The van der Waals surface area contributed by atoms with Crippen molar-refractivity contribution in [3.05, 3.63) is 71.8 Å². The molecule has 0 heterocycles. The summed E-state index contributed by atoms with van der Waals surface area (Å²) in [6, 6.07) is 22.1. The van der Waals surface area contributed by atoms with Crippen LogP contribution in [0.15, 0.2) is 60.7 Å². The summed E-state index contributed by atoms with van der Waals surface area (Å²) in [7, 11) is 1.72. The molecule has 0 bridgehead atoms. The standard InChI is InChI=1S/C22H29NO2/c1-24-14-15-25-22-13-12-21(16-22)23(17-19-8-4-2-5-9-19)18-20-10-6-3-7-11-20/h2-11,21-22H,12-18H2,1H3/t21-,22-/m1/s1. The van der Waals surface area contributed by atoms with Crippen molar-refractivity contribution in [2.45, 2.75) is 44.5 Å². The zero-order valence-electron chi connectivity index (χ0n) is 15.1. The second kappa shape index (κ2) is 9.71. The summed E-state index contributed by atoms with van der Waals surface area (Å²) >= 11 is 0. The molecule has 25 heavy (non-hydrogen) atoms. The van der Waals surface area contributed by atoms with Gasteiger partial charge in [0, 0.05) is 26.2 Å². The molecule has 0 aromatic heterocycles. The van der Waals surface area contributed by atoms with Crippen LogP contribution in [0.1, 0.15) is 30.4 Å². The third-order valence-electron chi connectivity index (χ3n) is 4.97. The molecule has 1 saturated carbocycles. The smallest absolute Gasteiger partial charge is 0.0704 e. The van der Waals surface area contributed by atoms with E-state index in [-0.39, 0.29) is 0 Å². The third kappa shape index (κ3) is 5.67. The van der Waals surface area contributed by atoms with Gasteiger partial charge >= 0.3 is 0 Å². The van der Waals surface area contributed by atoms with E-state index in [1.165, 1.54) is 17.5 Å². The van der Waals surface area contributed by atoms with Gasteiger partial charge < -0.3 is 9.47 Å². The van der Waals surface area contributed by atoms with Crippen molar-refractivity contribution >= 4 is 0 Å². The molecule has 2 atom stereocenters. The van der Waals surface area contributed by atoms with Crippen LogP contribution in [0, 0.1) is 0 Å². The lowest BCUT2D eigenvalue weighted by Crippen LogP contribution is -2.33. The first kappa shape index (κ1) is 18.1. The number of rotatable bonds is 9. The highest BCUT2D eigenvalue weighted by molar-refractivity contribution is 5.17. The van der Waals surface area contributed by atoms with E-state index in [4.69, 9.17) is 9.47 Å². The minimum Gasteiger partial charge on any atom is -0.382 e. The summed E-state index contributed by atoms with van der Waals surface area (Å²) in [5.41, 5.74) is 2.75. The molecule has 0 saturated heterocycles. The summed E-state index contributed by atoms with van der Waals surface area (Å²) in [6.07, 6.45) is 3.84. The van der Waals surface area contributed by atoms with Crippen LogP contribution in [0.2, 0.25) is 0 Å². The molecule has 0 amide bonds. The van der Waals surface area contributed by atoms with Gasteiger partial charge in [0.15, 0.2) is 0 Å². The summed E-state index contributed by atoms with van der Waals surface area (Å²) in [5.74, 6) is 0. The highest BCUT2D eigenvalue weighted by Gasteiger charge is 2.29. The van der Waals surface area contributed by atoms with Crippen molar-refractivity contribution in [1.82, 2.24) is 4.90 Å². The highest BCUT2D eigenvalue weighted by atomic mass is 16.5. The lowest BCUT2D eigenvalue weighted by molar-refractivity contribution is 0.0163. The van der Waals surface area contributed by atoms with E-state index in [2.05, 4.69) is 65.6 Å². The number of hydrogen-bond acceptors (Lipinski definition) is 3. The Morgan fingerprint density at radius 1 is 0.840 bits per heavy atom. The number of ether oxygens (including phenoxy) is 2. The number of nitrogens with zero attached hydrogens (tertiary/aromatic N) is 1. The first-order valence-electron chi connectivity index (χ1n) is 9.27. The van der Waals surface area contributed by atoms with Gasteiger partial charge in [0.05, 0.1) is 19.3 Å². The molecule has 134 valence electrons. The lowest BCUT2D eigenvalue weighted by Gasteiger charge is -2.29. The molecule has 1 fully saturated rings. The molecular weight excluding hydrogens is 310 g/mol. The predicted octanol–water partition coefficient (Wildman–Crippen LogP) is 4.27. The fourth-order valence-electron chi connectivity index (χ4n) is 3.65. The second-order valence-electron chi connectivity index (χ2n) is 6.83. The number of methoxy groups -OCH3 is 1. The van der Waals surface area contributed by atoms with E-state index < -0.39 is 0 Å². The summed E-state index contributed by atoms with van der Waals surface area (Å²) in [6.45, 7) is 3.36. The average Bonchev–Trinajstić information content (AvgIpc) is 3.12. The molecule has 0 radical (unpaired) electrons. The van der Waals surface area contributed by atoms with Gasteiger partial charge in [-0.3, -0.25) is 4.90 Å². The van der Waals surface area contributed by atoms with Crippen molar-refractivity contribution in [3.63, 3.8) is 0 Å². The maximum absolute atomic E-state index is 5.97. The molecule has 0 spiro atoms. The Balaban J connectivity index is 1.64. The first-order valence-corrected chi connectivity index (χ1v) is 9.27. The minimum atomic E-state index is 0.370. The third-order valence-corrected chi connectivity index (χ3v) is 4.97. The normalized spacial score (nSPS) is 20.2. The Labute approximate surface area is 151 Å². The Bertz CT molecular complexity index is 560. The van der Waals surface area contributed by atoms with Crippen LogP contribution in [0.3, 0.4) is 0 Å². The Morgan fingerprint density at radius 3 is 2.00 bits per heavy atom. The van der Waals surface area contributed by atoms with Gasteiger partial charge in [-0.05, 0) is 30.4 Å². The van der Waals surface area contributed by atoms with Crippen LogP contribution in [-0.4, -0.2) is 37.4 Å². The van der Waals surface area contributed by atoms with E-state index in [9.17, 15) is 0 Å². The molecule has 2 aromatic carbocycles. The van der Waals surface area contributed by atoms with E-state index >= 15 is 0 Å². The molecule has 3 rings (SSSR count). The molecule has 0 unspecified atom stereocenters. The van der Waals surface area contributed by atoms with Crippen molar-refractivity contribution < 1.29 is 9.47 Å². The van der Waals surface area contributed by atoms with Gasteiger partial charge in [0.2, 0.25) is 0 Å². The topological polar surface area (TPSA) is 21.7 Å². The fourth-order valence-corrected chi connectivity index (χ4v) is 3.65. The largest absolute Gasteiger partial charge is 0.382 e. The van der Waals surface area contributed by atoms with Crippen LogP contribution in [-0.2, 0) is 22.6 Å². The van der Waals surface area contributed by atoms with E-state index in [1.807, 2.05) is 0 Å². The molecule has 0 N–H and O–H groups in total. The second-order valence-corrected chi connectivity index (χ2v) is 6.83. The van der Waals surface area contributed by atoms with Gasteiger partial charge in [-0.2, -0.15) is 0 Å². The molecule has 3 nitrogen and oxygen atoms in total. The maximum atomic E-state index is 5.97. The van der Waals surface area contributed by atoms with Crippen LogP contribution < -0.4 is 0 Å². The minimum absolute atomic E-state index is 0.370. The van der Waals surface area contributed by atoms with Crippen LogP contribution in [0.25, 0.3) is 0 Å². The quantitative estimate of drug-likeness (QED) is 0.637.